The molecule has 3 N–H and O–H groups in total. The van der Waals surface area contributed by atoms with Crippen LogP contribution in [0.2, 0.25) is 0 Å². The van der Waals surface area contributed by atoms with Crippen molar-refractivity contribution < 1.29 is 4.79 Å². The normalized spacial score (nSPS) is 21.7. The van der Waals surface area contributed by atoms with Gasteiger partial charge in [0.1, 0.15) is 11.6 Å². The molecule has 0 bridgehead atoms. The van der Waals surface area contributed by atoms with Crippen molar-refractivity contribution in [1.82, 2.24) is 10.2 Å². The summed E-state index contributed by atoms with van der Waals surface area (Å²) in [6.07, 6.45) is 8.90. The Kier molecular flexibility index (Phi) is 6.81. The minimum absolute atomic E-state index is 0.104. The van der Waals surface area contributed by atoms with Crippen LogP contribution in [0.1, 0.15) is 89.5 Å². The highest BCUT2D eigenvalue weighted by molar-refractivity contribution is 5.97. The Balaban J connectivity index is 1.82. The molecule has 168 valence electrons. The van der Waals surface area contributed by atoms with Crippen LogP contribution in [0, 0.1) is 11.3 Å². The zero-order valence-electron chi connectivity index (χ0n) is 19.8. The summed E-state index contributed by atoms with van der Waals surface area (Å²) in [6, 6.07) is 8.74. The first kappa shape index (κ1) is 23.3. The molecule has 5 heteroatoms. The molecule has 1 atom stereocenters. The lowest BCUT2D eigenvalue weighted by atomic mass is 9.77. The van der Waals surface area contributed by atoms with Crippen LogP contribution in [0.25, 0.3) is 0 Å². The maximum absolute atomic E-state index is 13.1. The van der Waals surface area contributed by atoms with E-state index in [-0.39, 0.29) is 34.6 Å². The van der Waals surface area contributed by atoms with Crippen LogP contribution < -0.4 is 11.1 Å². The maximum Gasteiger partial charge on any atom is 0.263 e. The van der Waals surface area contributed by atoms with Gasteiger partial charge in [0.25, 0.3) is 5.91 Å². The van der Waals surface area contributed by atoms with Gasteiger partial charge in [-0.15, -0.1) is 0 Å². The van der Waals surface area contributed by atoms with E-state index >= 15 is 0 Å². The Morgan fingerprint density at radius 3 is 2.42 bits per heavy atom. The molecule has 5 nitrogen and oxygen atoms in total. The maximum atomic E-state index is 13.1. The summed E-state index contributed by atoms with van der Waals surface area (Å²) in [5.41, 5.74) is 9.92. The molecule has 1 saturated heterocycles. The van der Waals surface area contributed by atoms with Crippen molar-refractivity contribution in [2.24, 2.45) is 5.73 Å². The quantitative estimate of drug-likeness (QED) is 0.540. The van der Waals surface area contributed by atoms with E-state index in [0.29, 0.717) is 0 Å². The number of aryl methyl sites for hydroxylation is 2. The number of nitrogens with two attached hydrogens (primary N) is 1. The monoisotopic (exact) mass is 422 g/mol. The summed E-state index contributed by atoms with van der Waals surface area (Å²) >= 11 is 0. The lowest BCUT2D eigenvalue weighted by Gasteiger charge is -2.54. The first-order valence-electron chi connectivity index (χ1n) is 11.7. The Morgan fingerprint density at radius 1 is 1.23 bits per heavy atom. The van der Waals surface area contributed by atoms with Crippen molar-refractivity contribution in [2.45, 2.75) is 103 Å². The SMILES string of the molecule is CCC(NC(=O)/C(C#N)=C\N1C(C)(C)CC(N)CC1(C)C)c1ccc2c(c1)CCCC2. The Morgan fingerprint density at radius 2 is 1.84 bits per heavy atom. The van der Waals surface area contributed by atoms with Crippen LogP contribution in [0.4, 0.5) is 0 Å². The number of likely N-dealkylation sites (tertiary alicyclic amines) is 1. The van der Waals surface area contributed by atoms with Gasteiger partial charge in [0, 0.05) is 23.3 Å². The Hall–Kier alpha value is -2.32. The van der Waals surface area contributed by atoms with Gasteiger partial charge in [-0.2, -0.15) is 5.26 Å². The van der Waals surface area contributed by atoms with Crippen molar-refractivity contribution >= 4 is 5.91 Å². The van der Waals surface area contributed by atoms with Crippen LogP contribution in [-0.4, -0.2) is 27.9 Å². The van der Waals surface area contributed by atoms with Gasteiger partial charge >= 0.3 is 0 Å². The molecule has 2 aliphatic rings. The summed E-state index contributed by atoms with van der Waals surface area (Å²) in [4.78, 5) is 15.3. The molecule has 31 heavy (non-hydrogen) atoms. The molecule has 1 unspecified atom stereocenters. The molecule has 0 saturated carbocycles. The third kappa shape index (κ3) is 5.13. The standard InChI is InChI=1S/C26H38N4O/c1-6-23(20-12-11-18-9-7-8-10-19(18)13-20)29-24(31)21(16-27)17-30-25(2,3)14-22(28)15-26(30,4)5/h11-13,17,22-23H,6-10,14-15,28H2,1-5H3,(H,29,31)/b21-17-. The molecule has 0 aromatic heterocycles. The average molecular weight is 423 g/mol. The van der Waals surface area contributed by atoms with Gasteiger partial charge < -0.3 is 16.0 Å². The van der Waals surface area contributed by atoms with Gasteiger partial charge in [-0.25, -0.2) is 0 Å². The first-order chi connectivity index (χ1) is 14.6. The molecule has 1 aromatic rings. The molecule has 3 rings (SSSR count). The molecule has 1 heterocycles. The van der Waals surface area contributed by atoms with Gasteiger partial charge in [-0.05, 0) is 89.3 Å². The fourth-order valence-electron chi connectivity index (χ4n) is 5.62. The summed E-state index contributed by atoms with van der Waals surface area (Å²) in [5.74, 6) is -0.312. The molecule has 1 aliphatic carbocycles. The molecular formula is C26H38N4O. The highest BCUT2D eigenvalue weighted by Crippen LogP contribution is 2.38. The number of hydrogen-bond donors (Lipinski definition) is 2. The van der Waals surface area contributed by atoms with E-state index in [2.05, 4.69) is 69.1 Å². The lowest BCUT2D eigenvalue weighted by Crippen LogP contribution is -2.61. The van der Waals surface area contributed by atoms with E-state index in [1.807, 2.05) is 0 Å². The predicted molar refractivity (Wildman–Crippen MR) is 125 cm³/mol. The van der Waals surface area contributed by atoms with Crippen LogP contribution >= 0.6 is 0 Å². The van der Waals surface area contributed by atoms with Crippen molar-refractivity contribution in [1.29, 1.82) is 5.26 Å². The fourth-order valence-corrected chi connectivity index (χ4v) is 5.62. The number of nitriles is 1. The predicted octanol–water partition coefficient (Wildman–Crippen LogP) is 4.52. The number of carbonyl (C=O) groups is 1. The minimum Gasteiger partial charge on any atom is -0.366 e. The second-order valence-corrected chi connectivity index (χ2v) is 10.5. The van der Waals surface area contributed by atoms with Crippen molar-refractivity contribution in [3.05, 3.63) is 46.7 Å². The van der Waals surface area contributed by atoms with Crippen molar-refractivity contribution in [3.8, 4) is 6.07 Å². The summed E-state index contributed by atoms with van der Waals surface area (Å²) in [7, 11) is 0. The van der Waals surface area contributed by atoms with Crippen molar-refractivity contribution in [2.75, 3.05) is 0 Å². The van der Waals surface area contributed by atoms with Crippen molar-refractivity contribution in [3.63, 3.8) is 0 Å². The molecule has 1 amide bonds. The number of hydrogen-bond acceptors (Lipinski definition) is 4. The van der Waals surface area contributed by atoms with E-state index < -0.39 is 0 Å². The van der Waals surface area contributed by atoms with Gasteiger partial charge in [0.2, 0.25) is 0 Å². The molecule has 0 spiro atoms. The molecule has 1 fully saturated rings. The van der Waals surface area contributed by atoms with Gasteiger partial charge in [0.05, 0.1) is 6.04 Å². The van der Waals surface area contributed by atoms with E-state index in [9.17, 15) is 10.1 Å². The topological polar surface area (TPSA) is 82.2 Å². The highest BCUT2D eigenvalue weighted by Gasteiger charge is 2.43. The number of nitrogens with one attached hydrogen (secondary N) is 1. The first-order valence-corrected chi connectivity index (χ1v) is 11.7. The highest BCUT2D eigenvalue weighted by atomic mass is 16.1. The van der Waals surface area contributed by atoms with Crippen LogP contribution in [0.15, 0.2) is 30.0 Å². The zero-order valence-corrected chi connectivity index (χ0v) is 19.8. The number of fused-ring (bicyclic) bond motifs is 1. The second-order valence-electron chi connectivity index (χ2n) is 10.5. The lowest BCUT2D eigenvalue weighted by molar-refractivity contribution is -0.118. The summed E-state index contributed by atoms with van der Waals surface area (Å²) in [6.45, 7) is 10.6. The second kappa shape index (κ2) is 9.04. The number of nitrogens with zero attached hydrogens (tertiary/aromatic N) is 2. The molecular weight excluding hydrogens is 384 g/mol. The van der Waals surface area contributed by atoms with Gasteiger partial charge in [0.15, 0.2) is 0 Å². The van der Waals surface area contributed by atoms with E-state index in [0.717, 1.165) is 37.7 Å². The number of rotatable bonds is 5. The molecule has 1 aliphatic heterocycles. The number of benzene rings is 1. The fraction of sp³-hybridized carbons (Fsp3) is 0.615. The Bertz CT molecular complexity index is 875. The average Bonchev–Trinajstić information content (AvgIpc) is 2.70. The van der Waals surface area contributed by atoms with Crippen LogP contribution in [0.3, 0.4) is 0 Å². The number of carbonyl (C=O) groups excluding carboxylic acids is 1. The third-order valence-corrected chi connectivity index (χ3v) is 6.94. The summed E-state index contributed by atoms with van der Waals surface area (Å²) < 4.78 is 0. The van der Waals surface area contributed by atoms with E-state index in [1.54, 1.807) is 6.20 Å². The zero-order chi connectivity index (χ0) is 22.8. The van der Waals surface area contributed by atoms with E-state index in [4.69, 9.17) is 5.73 Å². The van der Waals surface area contributed by atoms with Crippen LogP contribution in [0.5, 0.6) is 0 Å². The van der Waals surface area contributed by atoms with E-state index in [1.165, 1.54) is 24.0 Å². The van der Waals surface area contributed by atoms with Gasteiger partial charge in [-0.1, -0.05) is 25.1 Å². The largest absolute Gasteiger partial charge is 0.366 e. The Labute approximate surface area is 187 Å². The molecule has 1 aromatic carbocycles. The minimum atomic E-state index is -0.312. The third-order valence-electron chi connectivity index (χ3n) is 6.94. The van der Waals surface area contributed by atoms with Crippen LogP contribution in [-0.2, 0) is 17.6 Å². The number of piperidine rings is 1. The van der Waals surface area contributed by atoms with Gasteiger partial charge in [-0.3, -0.25) is 4.79 Å². The smallest absolute Gasteiger partial charge is 0.263 e. The summed E-state index contributed by atoms with van der Waals surface area (Å²) in [5, 5.41) is 12.9. The molecule has 0 radical (unpaired) electrons. The number of amides is 1.